The normalized spacial score (nSPS) is 30.3. The van der Waals surface area contributed by atoms with E-state index in [0.29, 0.717) is 12.5 Å². The maximum absolute atomic E-state index is 6.25. The van der Waals surface area contributed by atoms with Gasteiger partial charge < -0.3 is 16.8 Å². The van der Waals surface area contributed by atoms with Crippen molar-refractivity contribution in [3.8, 4) is 0 Å². The molecule has 0 saturated carbocycles. The van der Waals surface area contributed by atoms with Crippen molar-refractivity contribution in [3.63, 3.8) is 0 Å². The molecule has 0 spiro atoms. The van der Waals surface area contributed by atoms with E-state index in [2.05, 4.69) is 36.5 Å². The van der Waals surface area contributed by atoms with Crippen molar-refractivity contribution in [3.05, 3.63) is 35.4 Å². The molecule has 0 amide bonds. The Hall–Kier alpha value is -0.900. The van der Waals surface area contributed by atoms with Gasteiger partial charge in [-0.05, 0) is 30.0 Å². The Morgan fingerprint density at radius 1 is 1.44 bits per heavy atom. The fraction of sp³-hybridized carbons (Fsp3) is 0.538. The smallest absolute Gasteiger partial charge is 0.0476 e. The van der Waals surface area contributed by atoms with Gasteiger partial charge in [-0.1, -0.05) is 31.2 Å². The molecular weight excluding hydrogens is 198 g/mol. The van der Waals surface area contributed by atoms with Crippen LogP contribution in [0.3, 0.4) is 0 Å². The lowest BCUT2D eigenvalue weighted by molar-refractivity contribution is 0.275. The van der Waals surface area contributed by atoms with Gasteiger partial charge in [0, 0.05) is 18.6 Å². The molecule has 1 saturated heterocycles. The minimum absolute atomic E-state index is 0.196. The molecule has 1 heterocycles. The molecule has 0 aliphatic carbocycles. The highest BCUT2D eigenvalue weighted by molar-refractivity contribution is 5.27. The highest BCUT2D eigenvalue weighted by Crippen LogP contribution is 2.26. The zero-order valence-electron chi connectivity index (χ0n) is 9.82. The predicted molar refractivity (Wildman–Crippen MR) is 66.8 cm³/mol. The largest absolute Gasteiger partial charge is 0.326 e. The Labute approximate surface area is 97.2 Å². The number of rotatable bonds is 2. The van der Waals surface area contributed by atoms with Crippen molar-refractivity contribution in [2.45, 2.75) is 32.0 Å². The first-order chi connectivity index (χ1) is 7.72. The Balaban J connectivity index is 2.21. The molecule has 1 aliphatic rings. The van der Waals surface area contributed by atoms with Gasteiger partial charge in [0.05, 0.1) is 0 Å². The summed E-state index contributed by atoms with van der Waals surface area (Å²) in [7, 11) is 0. The van der Waals surface area contributed by atoms with E-state index in [0.717, 1.165) is 13.0 Å². The summed E-state index contributed by atoms with van der Waals surface area (Å²) in [4.78, 5) is 0. The first-order valence-corrected chi connectivity index (χ1v) is 6.00. The first kappa shape index (κ1) is 11.6. The molecular formula is C13H21N3. The summed E-state index contributed by atoms with van der Waals surface area (Å²) < 4.78 is 0. The van der Waals surface area contributed by atoms with E-state index < -0.39 is 0 Å². The molecule has 0 bridgehead atoms. The molecule has 1 aliphatic heterocycles. The minimum Gasteiger partial charge on any atom is -0.326 e. The average Bonchev–Trinajstić information content (AvgIpc) is 2.33. The summed E-state index contributed by atoms with van der Waals surface area (Å²) in [5.41, 5.74) is 14.3. The number of nitrogens with one attached hydrogen (secondary N) is 1. The maximum Gasteiger partial charge on any atom is 0.0476 e. The van der Waals surface area contributed by atoms with Crippen LogP contribution in [0.15, 0.2) is 24.3 Å². The van der Waals surface area contributed by atoms with Crippen molar-refractivity contribution in [1.82, 2.24) is 5.32 Å². The molecule has 3 nitrogen and oxygen atoms in total. The van der Waals surface area contributed by atoms with Crippen LogP contribution in [0, 0.1) is 5.92 Å². The maximum atomic E-state index is 6.25. The Morgan fingerprint density at radius 2 is 2.25 bits per heavy atom. The van der Waals surface area contributed by atoms with E-state index in [1.54, 1.807) is 0 Å². The van der Waals surface area contributed by atoms with Crippen molar-refractivity contribution in [2.75, 3.05) is 6.54 Å². The number of hydrogen-bond acceptors (Lipinski definition) is 3. The molecule has 3 atom stereocenters. The van der Waals surface area contributed by atoms with E-state index in [1.165, 1.54) is 11.1 Å². The van der Waals surface area contributed by atoms with Gasteiger partial charge in [-0.2, -0.15) is 0 Å². The third-order valence-corrected chi connectivity index (χ3v) is 3.55. The van der Waals surface area contributed by atoms with E-state index in [1.807, 2.05) is 0 Å². The van der Waals surface area contributed by atoms with Gasteiger partial charge in [-0.3, -0.25) is 0 Å². The zero-order valence-corrected chi connectivity index (χ0v) is 9.82. The summed E-state index contributed by atoms with van der Waals surface area (Å²) in [5, 5.41) is 3.50. The third-order valence-electron chi connectivity index (χ3n) is 3.55. The molecule has 5 N–H and O–H groups in total. The van der Waals surface area contributed by atoms with Gasteiger partial charge in [0.2, 0.25) is 0 Å². The standard InChI is InChI=1S/C13H21N3/c1-9-5-6-16-13(12(9)15)11-4-2-3-10(7-11)8-14/h2-4,7,9,12-13,16H,5-6,8,14-15H2,1H3. The fourth-order valence-electron chi connectivity index (χ4n) is 2.38. The minimum atomic E-state index is 0.196. The second-order valence-corrected chi connectivity index (χ2v) is 4.72. The average molecular weight is 219 g/mol. The van der Waals surface area contributed by atoms with Gasteiger partial charge in [-0.15, -0.1) is 0 Å². The molecule has 2 rings (SSSR count). The lowest BCUT2D eigenvalue weighted by Gasteiger charge is -2.35. The topological polar surface area (TPSA) is 64.1 Å². The number of nitrogens with two attached hydrogens (primary N) is 2. The van der Waals surface area contributed by atoms with E-state index in [4.69, 9.17) is 11.5 Å². The summed E-state index contributed by atoms with van der Waals surface area (Å²) >= 11 is 0. The van der Waals surface area contributed by atoms with Crippen LogP contribution in [0.5, 0.6) is 0 Å². The third kappa shape index (κ3) is 2.26. The van der Waals surface area contributed by atoms with Crippen LogP contribution in [0.4, 0.5) is 0 Å². The SMILES string of the molecule is CC1CCNC(c2cccc(CN)c2)C1N. The molecule has 88 valence electrons. The number of benzene rings is 1. The highest BCUT2D eigenvalue weighted by atomic mass is 15.0. The van der Waals surface area contributed by atoms with E-state index in [-0.39, 0.29) is 12.1 Å². The van der Waals surface area contributed by atoms with E-state index >= 15 is 0 Å². The quantitative estimate of drug-likeness (QED) is 0.699. The van der Waals surface area contributed by atoms with Gasteiger partial charge in [0.15, 0.2) is 0 Å². The molecule has 0 radical (unpaired) electrons. The Bertz CT molecular complexity index is 351. The van der Waals surface area contributed by atoms with Crippen molar-refractivity contribution >= 4 is 0 Å². The molecule has 3 unspecified atom stereocenters. The van der Waals surface area contributed by atoms with Crippen LogP contribution in [-0.2, 0) is 6.54 Å². The van der Waals surface area contributed by atoms with E-state index in [9.17, 15) is 0 Å². The second-order valence-electron chi connectivity index (χ2n) is 4.72. The van der Waals surface area contributed by atoms with Crippen LogP contribution < -0.4 is 16.8 Å². The van der Waals surface area contributed by atoms with Crippen molar-refractivity contribution in [2.24, 2.45) is 17.4 Å². The monoisotopic (exact) mass is 219 g/mol. The van der Waals surface area contributed by atoms with Crippen LogP contribution in [0.25, 0.3) is 0 Å². The predicted octanol–water partition coefficient (Wildman–Crippen LogP) is 1.14. The van der Waals surface area contributed by atoms with Gasteiger partial charge in [0.1, 0.15) is 0 Å². The zero-order chi connectivity index (χ0) is 11.5. The van der Waals surface area contributed by atoms with Crippen molar-refractivity contribution < 1.29 is 0 Å². The highest BCUT2D eigenvalue weighted by Gasteiger charge is 2.28. The molecule has 0 aromatic heterocycles. The number of hydrogen-bond donors (Lipinski definition) is 3. The summed E-state index contributed by atoms with van der Waals surface area (Å²) in [5.74, 6) is 0.577. The van der Waals surface area contributed by atoms with Crippen LogP contribution >= 0.6 is 0 Å². The lowest BCUT2D eigenvalue weighted by atomic mass is 9.85. The summed E-state index contributed by atoms with van der Waals surface area (Å²) in [6, 6.07) is 8.88. The number of piperidine rings is 1. The Kier molecular flexibility index (Phi) is 3.59. The first-order valence-electron chi connectivity index (χ1n) is 6.00. The van der Waals surface area contributed by atoms with Crippen LogP contribution in [-0.4, -0.2) is 12.6 Å². The Morgan fingerprint density at radius 3 is 3.00 bits per heavy atom. The fourth-order valence-corrected chi connectivity index (χ4v) is 2.38. The van der Waals surface area contributed by atoms with Crippen LogP contribution in [0.2, 0.25) is 0 Å². The molecule has 16 heavy (non-hydrogen) atoms. The van der Waals surface area contributed by atoms with Gasteiger partial charge in [-0.25, -0.2) is 0 Å². The lowest BCUT2D eigenvalue weighted by Crippen LogP contribution is -2.47. The second kappa shape index (κ2) is 4.95. The summed E-state index contributed by atoms with van der Waals surface area (Å²) in [6.07, 6.45) is 1.16. The molecule has 3 heteroatoms. The molecule has 1 aromatic rings. The van der Waals surface area contributed by atoms with Gasteiger partial charge in [0.25, 0.3) is 0 Å². The molecule has 1 aromatic carbocycles. The van der Waals surface area contributed by atoms with Crippen molar-refractivity contribution in [1.29, 1.82) is 0 Å². The summed E-state index contributed by atoms with van der Waals surface area (Å²) in [6.45, 7) is 3.86. The van der Waals surface area contributed by atoms with Crippen LogP contribution in [0.1, 0.15) is 30.5 Å². The molecule has 1 fully saturated rings. The van der Waals surface area contributed by atoms with Gasteiger partial charge >= 0.3 is 0 Å².